The second-order valence-corrected chi connectivity index (χ2v) is 7.32. The monoisotopic (exact) mass is 424 g/mol. The third kappa shape index (κ3) is 4.20. The number of nitrogens with two attached hydrogens (primary N) is 1. The van der Waals surface area contributed by atoms with Crippen LogP contribution in [0.3, 0.4) is 0 Å². The molecule has 0 unspecified atom stereocenters. The molecule has 1 atom stereocenters. The largest absolute Gasteiger partial charge is 0.383 e. The highest BCUT2D eigenvalue weighted by molar-refractivity contribution is 5.98. The van der Waals surface area contributed by atoms with E-state index in [9.17, 15) is 4.79 Å². The first-order valence-corrected chi connectivity index (χ1v) is 9.92. The molecule has 0 aliphatic carbocycles. The van der Waals surface area contributed by atoms with Crippen molar-refractivity contribution in [2.75, 3.05) is 5.73 Å². The lowest BCUT2D eigenvalue weighted by molar-refractivity contribution is 0.0663. The van der Waals surface area contributed by atoms with E-state index in [-0.39, 0.29) is 18.1 Å². The number of pyridine rings is 1. The standard InChI is InChI=1S/C23H20N8O/c1-14-8-17-9-16(4-5-20(17)30-21(14)25)23(32)31(15(2)22-26-6-3-7-27-22)13-19-12-28-18(10-24)11-29-19/h3-9,11-12,15H,13H2,1-2H3,(H2,25,30)/t15-/m1/s1. The summed E-state index contributed by atoms with van der Waals surface area (Å²) >= 11 is 0. The van der Waals surface area contributed by atoms with Crippen molar-refractivity contribution < 1.29 is 4.79 Å². The first-order chi connectivity index (χ1) is 15.5. The van der Waals surface area contributed by atoms with E-state index in [0.29, 0.717) is 28.4 Å². The fourth-order valence-corrected chi connectivity index (χ4v) is 3.31. The highest BCUT2D eigenvalue weighted by Gasteiger charge is 2.25. The van der Waals surface area contributed by atoms with Crippen LogP contribution in [0.25, 0.3) is 10.9 Å². The van der Waals surface area contributed by atoms with Crippen molar-refractivity contribution >= 4 is 22.6 Å². The van der Waals surface area contributed by atoms with Crippen LogP contribution in [0.15, 0.2) is 55.1 Å². The van der Waals surface area contributed by atoms with E-state index in [1.165, 1.54) is 12.4 Å². The van der Waals surface area contributed by atoms with Crippen LogP contribution in [0, 0.1) is 18.3 Å². The summed E-state index contributed by atoms with van der Waals surface area (Å²) in [5, 5.41) is 9.78. The Bertz CT molecular complexity index is 1320. The van der Waals surface area contributed by atoms with Gasteiger partial charge in [-0.3, -0.25) is 9.78 Å². The maximum absolute atomic E-state index is 13.6. The maximum atomic E-state index is 13.6. The number of hydrogen-bond donors (Lipinski definition) is 1. The predicted octanol–water partition coefficient (Wildman–Crippen LogP) is 2.98. The number of amides is 1. The number of nitrogens with zero attached hydrogens (tertiary/aromatic N) is 7. The minimum absolute atomic E-state index is 0.175. The van der Waals surface area contributed by atoms with Crippen molar-refractivity contribution in [3.8, 4) is 6.07 Å². The number of rotatable bonds is 5. The molecule has 0 aliphatic heterocycles. The van der Waals surface area contributed by atoms with Crippen molar-refractivity contribution in [2.45, 2.75) is 26.4 Å². The second kappa shape index (κ2) is 8.73. The predicted molar refractivity (Wildman–Crippen MR) is 118 cm³/mol. The van der Waals surface area contributed by atoms with E-state index in [2.05, 4.69) is 24.9 Å². The fraction of sp³-hybridized carbons (Fsp3) is 0.174. The summed E-state index contributed by atoms with van der Waals surface area (Å²) in [5.74, 6) is 0.758. The third-order valence-electron chi connectivity index (χ3n) is 5.13. The minimum atomic E-state index is -0.428. The molecule has 0 fully saturated rings. The number of carbonyl (C=O) groups is 1. The summed E-state index contributed by atoms with van der Waals surface area (Å²) in [4.78, 5) is 36.6. The maximum Gasteiger partial charge on any atom is 0.254 e. The number of hydrogen-bond acceptors (Lipinski definition) is 8. The molecule has 9 heteroatoms. The molecule has 3 heterocycles. The molecule has 2 N–H and O–H groups in total. The highest BCUT2D eigenvalue weighted by atomic mass is 16.2. The lowest BCUT2D eigenvalue weighted by atomic mass is 10.1. The zero-order chi connectivity index (χ0) is 22.7. The Morgan fingerprint density at radius 2 is 1.94 bits per heavy atom. The SMILES string of the molecule is Cc1cc2cc(C(=O)N(Cc3cnc(C#N)cn3)[C@H](C)c3ncccn3)ccc2nc1N. The number of aryl methyl sites for hydroxylation is 1. The molecule has 0 bridgehead atoms. The lowest BCUT2D eigenvalue weighted by Crippen LogP contribution is -2.34. The van der Waals surface area contributed by atoms with E-state index in [1.54, 1.807) is 41.6 Å². The second-order valence-electron chi connectivity index (χ2n) is 7.32. The van der Waals surface area contributed by atoms with Crippen LogP contribution in [0.2, 0.25) is 0 Å². The van der Waals surface area contributed by atoms with Gasteiger partial charge in [-0.15, -0.1) is 0 Å². The Morgan fingerprint density at radius 3 is 2.62 bits per heavy atom. The molecule has 0 saturated carbocycles. The van der Waals surface area contributed by atoms with E-state index in [1.807, 2.05) is 26.0 Å². The molecule has 0 aliphatic rings. The van der Waals surface area contributed by atoms with E-state index in [4.69, 9.17) is 11.0 Å². The Hall–Kier alpha value is -4.45. The number of anilines is 1. The first kappa shape index (κ1) is 20.8. The Balaban J connectivity index is 1.72. The van der Waals surface area contributed by atoms with Gasteiger partial charge in [-0.25, -0.2) is 19.9 Å². The number of nitrogen functional groups attached to an aromatic ring is 1. The summed E-state index contributed by atoms with van der Waals surface area (Å²) in [6.07, 6.45) is 6.15. The topological polar surface area (TPSA) is 135 Å². The molecule has 9 nitrogen and oxygen atoms in total. The lowest BCUT2D eigenvalue weighted by Gasteiger charge is -2.28. The summed E-state index contributed by atoms with van der Waals surface area (Å²) in [6, 6.07) is 10.4. The van der Waals surface area contributed by atoms with E-state index in [0.717, 1.165) is 10.9 Å². The summed E-state index contributed by atoms with van der Waals surface area (Å²) in [6.45, 7) is 3.91. The molecule has 3 aromatic heterocycles. The van der Waals surface area contributed by atoms with Gasteiger partial charge >= 0.3 is 0 Å². The van der Waals surface area contributed by atoms with Crippen LogP contribution in [0.4, 0.5) is 5.82 Å². The summed E-state index contributed by atoms with van der Waals surface area (Å²) < 4.78 is 0. The zero-order valence-electron chi connectivity index (χ0n) is 17.6. The number of aromatic nitrogens is 5. The average Bonchev–Trinajstić information content (AvgIpc) is 2.83. The van der Waals surface area contributed by atoms with E-state index < -0.39 is 6.04 Å². The molecular weight excluding hydrogens is 404 g/mol. The van der Waals surface area contributed by atoms with Gasteiger partial charge in [-0.2, -0.15) is 5.26 Å². The number of benzene rings is 1. The molecule has 4 rings (SSSR count). The molecule has 0 radical (unpaired) electrons. The average molecular weight is 424 g/mol. The van der Waals surface area contributed by atoms with Gasteiger partial charge in [0.2, 0.25) is 0 Å². The van der Waals surface area contributed by atoms with Gasteiger partial charge in [0.15, 0.2) is 5.69 Å². The normalized spacial score (nSPS) is 11.7. The smallest absolute Gasteiger partial charge is 0.254 e. The zero-order valence-corrected chi connectivity index (χ0v) is 17.6. The van der Waals surface area contributed by atoms with Gasteiger partial charge in [-0.05, 0) is 49.7 Å². The van der Waals surface area contributed by atoms with Crippen LogP contribution in [-0.2, 0) is 6.54 Å². The molecule has 1 amide bonds. The molecule has 0 saturated heterocycles. The van der Waals surface area contributed by atoms with E-state index >= 15 is 0 Å². The first-order valence-electron chi connectivity index (χ1n) is 9.92. The molecule has 158 valence electrons. The number of nitriles is 1. The van der Waals surface area contributed by atoms with Crippen molar-refractivity contribution in [1.82, 2.24) is 29.8 Å². The fourth-order valence-electron chi connectivity index (χ4n) is 3.31. The van der Waals surface area contributed by atoms with Gasteiger partial charge in [-0.1, -0.05) is 0 Å². The summed E-state index contributed by atoms with van der Waals surface area (Å²) in [7, 11) is 0. The molecule has 4 aromatic rings. The van der Waals surface area contributed by atoms with Crippen molar-refractivity contribution in [1.29, 1.82) is 5.26 Å². The van der Waals surface area contributed by atoms with Gasteiger partial charge in [0, 0.05) is 23.3 Å². The quantitative estimate of drug-likeness (QED) is 0.517. The highest BCUT2D eigenvalue weighted by Crippen LogP contribution is 2.24. The Labute approximate surface area is 184 Å². The Morgan fingerprint density at radius 1 is 1.16 bits per heavy atom. The number of fused-ring (bicyclic) bond motifs is 1. The van der Waals surface area contributed by atoms with Crippen LogP contribution in [0.1, 0.15) is 46.1 Å². The van der Waals surface area contributed by atoms with Crippen LogP contribution in [-0.4, -0.2) is 35.7 Å². The Kier molecular flexibility index (Phi) is 5.68. The van der Waals surface area contributed by atoms with Gasteiger partial charge in [0.1, 0.15) is 17.7 Å². The minimum Gasteiger partial charge on any atom is -0.383 e. The van der Waals surface area contributed by atoms with Crippen LogP contribution in [0.5, 0.6) is 0 Å². The van der Waals surface area contributed by atoms with Crippen molar-refractivity contribution in [3.63, 3.8) is 0 Å². The molecular formula is C23H20N8O. The molecule has 32 heavy (non-hydrogen) atoms. The van der Waals surface area contributed by atoms with Gasteiger partial charge < -0.3 is 10.6 Å². The molecule has 1 aromatic carbocycles. The molecule has 0 spiro atoms. The van der Waals surface area contributed by atoms with Crippen molar-refractivity contribution in [2.24, 2.45) is 0 Å². The van der Waals surface area contributed by atoms with Crippen LogP contribution < -0.4 is 5.73 Å². The third-order valence-corrected chi connectivity index (χ3v) is 5.13. The number of carbonyl (C=O) groups excluding carboxylic acids is 1. The van der Waals surface area contributed by atoms with Gasteiger partial charge in [0.25, 0.3) is 5.91 Å². The summed E-state index contributed by atoms with van der Waals surface area (Å²) in [5.41, 5.74) is 8.72. The van der Waals surface area contributed by atoms with Crippen molar-refractivity contribution in [3.05, 3.63) is 83.5 Å². The van der Waals surface area contributed by atoms with Gasteiger partial charge in [0.05, 0.1) is 36.2 Å². The van der Waals surface area contributed by atoms with Crippen LogP contribution >= 0.6 is 0 Å².